The van der Waals surface area contributed by atoms with Crippen LogP contribution >= 0.6 is 0 Å². The van der Waals surface area contributed by atoms with E-state index in [1.807, 2.05) is 19.9 Å². The van der Waals surface area contributed by atoms with E-state index in [-0.39, 0.29) is 11.7 Å². The Labute approximate surface area is 101 Å². The van der Waals surface area contributed by atoms with Crippen LogP contribution in [-0.2, 0) is 10.3 Å². The van der Waals surface area contributed by atoms with Gasteiger partial charge in [0.25, 0.3) is 0 Å². The Morgan fingerprint density at radius 2 is 2.12 bits per heavy atom. The molecule has 1 aromatic rings. The molecule has 3 heteroatoms. The van der Waals surface area contributed by atoms with Gasteiger partial charge in [-0.05, 0) is 44.4 Å². The molecule has 2 atom stereocenters. The number of rotatable bonds is 2. The highest BCUT2D eigenvalue weighted by Crippen LogP contribution is 2.37. The average molecular weight is 238 g/mol. The standard InChI is InChI=1S/C14H19FO2/c1-9-6-10(2)13(12(15)7-9)14(3,16)11-4-5-17-8-11/h6-7,11,16H,4-5,8H2,1-3H3. The number of hydrogen-bond donors (Lipinski definition) is 1. The van der Waals surface area contributed by atoms with Crippen molar-refractivity contribution in [2.24, 2.45) is 5.92 Å². The maximum atomic E-state index is 14.1. The molecule has 0 amide bonds. The Hall–Kier alpha value is -0.930. The third-order valence-electron chi connectivity index (χ3n) is 3.66. The number of aryl methyl sites for hydroxylation is 2. The van der Waals surface area contributed by atoms with Crippen molar-refractivity contribution in [3.8, 4) is 0 Å². The van der Waals surface area contributed by atoms with Crippen LogP contribution in [0, 0.1) is 25.6 Å². The predicted octanol–water partition coefficient (Wildman–Crippen LogP) is 2.69. The molecule has 1 heterocycles. The smallest absolute Gasteiger partial charge is 0.129 e. The zero-order valence-corrected chi connectivity index (χ0v) is 10.6. The highest BCUT2D eigenvalue weighted by atomic mass is 19.1. The first-order chi connectivity index (χ1) is 7.93. The largest absolute Gasteiger partial charge is 0.385 e. The third kappa shape index (κ3) is 2.22. The first-order valence-corrected chi connectivity index (χ1v) is 6.00. The first kappa shape index (κ1) is 12.5. The van der Waals surface area contributed by atoms with Gasteiger partial charge in [-0.1, -0.05) is 6.07 Å². The fourth-order valence-corrected chi connectivity index (χ4v) is 2.74. The monoisotopic (exact) mass is 238 g/mol. The SMILES string of the molecule is Cc1cc(C)c(C(C)(O)C2CCOC2)c(F)c1. The minimum Gasteiger partial charge on any atom is -0.385 e. The molecule has 1 aromatic carbocycles. The summed E-state index contributed by atoms with van der Waals surface area (Å²) in [5, 5.41) is 10.6. The summed E-state index contributed by atoms with van der Waals surface area (Å²) in [6, 6.07) is 3.38. The number of aliphatic hydroxyl groups is 1. The number of ether oxygens (including phenoxy) is 1. The number of halogens is 1. The van der Waals surface area contributed by atoms with Gasteiger partial charge in [0.05, 0.1) is 12.2 Å². The van der Waals surface area contributed by atoms with Crippen LogP contribution < -0.4 is 0 Å². The van der Waals surface area contributed by atoms with Crippen LogP contribution in [0.4, 0.5) is 4.39 Å². The molecule has 1 saturated heterocycles. The Kier molecular flexibility index (Phi) is 3.23. The molecule has 2 rings (SSSR count). The Morgan fingerprint density at radius 1 is 1.41 bits per heavy atom. The molecule has 2 unspecified atom stereocenters. The Bertz CT molecular complexity index is 397. The van der Waals surface area contributed by atoms with E-state index in [4.69, 9.17) is 4.74 Å². The molecule has 1 N–H and O–H groups in total. The molecule has 1 fully saturated rings. The summed E-state index contributed by atoms with van der Waals surface area (Å²) >= 11 is 0. The highest BCUT2D eigenvalue weighted by Gasteiger charge is 2.39. The van der Waals surface area contributed by atoms with Crippen molar-refractivity contribution in [3.05, 3.63) is 34.6 Å². The summed E-state index contributed by atoms with van der Waals surface area (Å²) < 4.78 is 19.3. The lowest BCUT2D eigenvalue weighted by atomic mass is 9.80. The van der Waals surface area contributed by atoms with Gasteiger partial charge in [-0.3, -0.25) is 0 Å². The van der Waals surface area contributed by atoms with E-state index in [0.29, 0.717) is 18.8 Å². The van der Waals surface area contributed by atoms with Gasteiger partial charge in [0.1, 0.15) is 5.82 Å². The zero-order valence-electron chi connectivity index (χ0n) is 10.6. The topological polar surface area (TPSA) is 29.5 Å². The summed E-state index contributed by atoms with van der Waals surface area (Å²) in [5.41, 5.74) is 0.943. The molecule has 1 aliphatic heterocycles. The van der Waals surface area contributed by atoms with Crippen LogP contribution in [0.1, 0.15) is 30.0 Å². The van der Waals surface area contributed by atoms with Gasteiger partial charge < -0.3 is 9.84 Å². The van der Waals surface area contributed by atoms with E-state index in [0.717, 1.165) is 17.5 Å². The zero-order chi connectivity index (χ0) is 12.6. The van der Waals surface area contributed by atoms with Crippen molar-refractivity contribution < 1.29 is 14.2 Å². The average Bonchev–Trinajstić information content (AvgIpc) is 2.67. The van der Waals surface area contributed by atoms with E-state index in [9.17, 15) is 9.50 Å². The lowest BCUT2D eigenvalue weighted by Crippen LogP contribution is -2.34. The van der Waals surface area contributed by atoms with Crippen molar-refractivity contribution in [3.63, 3.8) is 0 Å². The van der Waals surface area contributed by atoms with Crippen molar-refractivity contribution >= 4 is 0 Å². The van der Waals surface area contributed by atoms with Gasteiger partial charge in [-0.15, -0.1) is 0 Å². The summed E-state index contributed by atoms with van der Waals surface area (Å²) in [6.45, 7) is 6.53. The van der Waals surface area contributed by atoms with Crippen molar-refractivity contribution in [1.82, 2.24) is 0 Å². The van der Waals surface area contributed by atoms with Crippen LogP contribution in [0.2, 0.25) is 0 Å². The second-order valence-electron chi connectivity index (χ2n) is 5.15. The maximum absolute atomic E-state index is 14.1. The molecule has 2 nitrogen and oxygen atoms in total. The molecule has 94 valence electrons. The minimum atomic E-state index is -1.15. The fourth-order valence-electron chi connectivity index (χ4n) is 2.74. The summed E-state index contributed by atoms with van der Waals surface area (Å²) in [7, 11) is 0. The molecule has 0 aliphatic carbocycles. The van der Waals surface area contributed by atoms with Crippen LogP contribution in [0.5, 0.6) is 0 Å². The molecule has 0 bridgehead atoms. The van der Waals surface area contributed by atoms with Gasteiger partial charge in [-0.25, -0.2) is 4.39 Å². The lowest BCUT2D eigenvalue weighted by molar-refractivity contribution is -0.0131. The van der Waals surface area contributed by atoms with Gasteiger partial charge in [0, 0.05) is 18.1 Å². The molecule has 0 spiro atoms. The van der Waals surface area contributed by atoms with E-state index < -0.39 is 5.60 Å². The second kappa shape index (κ2) is 4.39. The molecule has 17 heavy (non-hydrogen) atoms. The number of benzene rings is 1. The fraction of sp³-hybridized carbons (Fsp3) is 0.571. The lowest BCUT2D eigenvalue weighted by Gasteiger charge is -2.31. The van der Waals surface area contributed by atoms with Crippen LogP contribution in [0.25, 0.3) is 0 Å². The maximum Gasteiger partial charge on any atom is 0.129 e. The summed E-state index contributed by atoms with van der Waals surface area (Å²) in [5.74, 6) is -0.349. The Morgan fingerprint density at radius 3 is 2.65 bits per heavy atom. The highest BCUT2D eigenvalue weighted by molar-refractivity contribution is 5.36. The van der Waals surface area contributed by atoms with E-state index in [1.54, 1.807) is 6.92 Å². The summed E-state index contributed by atoms with van der Waals surface area (Å²) in [6.07, 6.45) is 0.778. The summed E-state index contributed by atoms with van der Waals surface area (Å²) in [4.78, 5) is 0. The number of hydrogen-bond acceptors (Lipinski definition) is 2. The molecule has 0 radical (unpaired) electrons. The van der Waals surface area contributed by atoms with Crippen LogP contribution in [0.3, 0.4) is 0 Å². The van der Waals surface area contributed by atoms with E-state index >= 15 is 0 Å². The van der Waals surface area contributed by atoms with Gasteiger partial charge >= 0.3 is 0 Å². The molecule has 0 aromatic heterocycles. The third-order valence-corrected chi connectivity index (χ3v) is 3.66. The van der Waals surface area contributed by atoms with Crippen molar-refractivity contribution in [1.29, 1.82) is 0 Å². The molecular formula is C14H19FO2. The molecule has 0 saturated carbocycles. The normalized spacial score (nSPS) is 23.7. The molecular weight excluding hydrogens is 219 g/mol. The van der Waals surface area contributed by atoms with Crippen molar-refractivity contribution in [2.75, 3.05) is 13.2 Å². The predicted molar refractivity (Wildman–Crippen MR) is 64.4 cm³/mol. The van der Waals surface area contributed by atoms with Crippen LogP contribution in [0.15, 0.2) is 12.1 Å². The van der Waals surface area contributed by atoms with Crippen LogP contribution in [-0.4, -0.2) is 18.3 Å². The second-order valence-corrected chi connectivity index (χ2v) is 5.15. The molecule has 1 aliphatic rings. The van der Waals surface area contributed by atoms with E-state index in [1.165, 1.54) is 6.07 Å². The Balaban J connectivity index is 2.44. The minimum absolute atomic E-state index is 0.0293. The van der Waals surface area contributed by atoms with Gasteiger partial charge in [0.15, 0.2) is 0 Å². The van der Waals surface area contributed by atoms with E-state index in [2.05, 4.69) is 0 Å². The van der Waals surface area contributed by atoms with Gasteiger partial charge in [0.2, 0.25) is 0 Å². The first-order valence-electron chi connectivity index (χ1n) is 6.00. The van der Waals surface area contributed by atoms with Crippen molar-refractivity contribution in [2.45, 2.75) is 32.8 Å². The van der Waals surface area contributed by atoms with Gasteiger partial charge in [-0.2, -0.15) is 0 Å². The quantitative estimate of drug-likeness (QED) is 0.858.